The average Bonchev–Trinajstić information content (AvgIpc) is 0.741. The minimum Gasteiger partial charge on any atom is -0.535 e. The van der Waals surface area contributed by atoms with Gasteiger partial charge in [0, 0.05) is 137 Å². The van der Waals surface area contributed by atoms with Crippen molar-refractivity contribution in [1.82, 2.24) is 30.9 Å². The van der Waals surface area contributed by atoms with Gasteiger partial charge in [0.1, 0.15) is 63.4 Å². The number of pyridine rings is 3. The zero-order valence-electron chi connectivity index (χ0n) is 76.5. The molecule has 12 aromatic rings. The number of para-hydroxylation sites is 4. The molecule has 3 aliphatic rings. The third-order valence-corrected chi connectivity index (χ3v) is 21.5. The minimum atomic E-state index is -3.67. The maximum absolute atomic E-state index is 14.3. The molecule has 41 heteroatoms. The van der Waals surface area contributed by atoms with Crippen LogP contribution in [0.25, 0.3) is 75.8 Å². The van der Waals surface area contributed by atoms with E-state index < -0.39 is 66.9 Å². The molecule has 0 unspecified atom stereocenters. The van der Waals surface area contributed by atoms with Crippen LogP contribution in [0, 0.1) is 65.1 Å². The molecule has 0 aliphatic carbocycles. The molecule has 0 atom stereocenters. The van der Waals surface area contributed by atoms with Crippen molar-refractivity contribution in [1.29, 1.82) is 10.5 Å². The molecule has 0 saturated carbocycles. The van der Waals surface area contributed by atoms with E-state index in [2.05, 4.69) is 88.0 Å². The number of fused-ring (bicyclic) bond motifs is 3. The van der Waals surface area contributed by atoms with Crippen molar-refractivity contribution < 1.29 is 151 Å². The topological polar surface area (TPSA) is 371 Å². The number of hydrogen-bond donors (Lipinski definition) is 10. The average molecular weight is 2020 g/mol. The van der Waals surface area contributed by atoms with E-state index in [1.165, 1.54) is 36.4 Å². The minimum absolute atomic E-state index is 0. The number of nitrogens with zero attached hydrogens (tertiary/aromatic N) is 10. The number of hydrogen-bond acceptors (Lipinski definition) is 22. The summed E-state index contributed by atoms with van der Waals surface area (Å²) in [6, 6.07) is 48.4. The van der Waals surface area contributed by atoms with Crippen molar-refractivity contribution in [3.63, 3.8) is 0 Å². The molecule has 10 N–H and O–H groups in total. The van der Waals surface area contributed by atoms with E-state index in [4.69, 9.17) is 81.3 Å². The Labute approximate surface area is 855 Å². The van der Waals surface area contributed by atoms with Gasteiger partial charge in [-0.25, -0.2) is 46.9 Å². The quantitative estimate of drug-likeness (QED) is 0.0235. The third kappa shape index (κ3) is 32.7. The molecule has 711 valence electrons. The molecule has 3 aromatic heterocycles. The second-order valence-corrected chi connectivity index (χ2v) is 35.6. The van der Waals surface area contributed by atoms with Crippen LogP contribution in [0.2, 0.25) is 10.0 Å². The van der Waals surface area contributed by atoms with Gasteiger partial charge in [-0.15, -0.1) is 6.07 Å². The van der Waals surface area contributed by atoms with Gasteiger partial charge in [-0.2, -0.15) is 23.5 Å². The Morgan fingerprint density at radius 2 is 0.877 bits per heavy atom. The number of ether oxygens (including phenoxy) is 3. The van der Waals surface area contributed by atoms with Crippen molar-refractivity contribution in [2.24, 2.45) is 0 Å². The van der Waals surface area contributed by atoms with Crippen LogP contribution in [0.5, 0.6) is 28.7 Å². The molecule has 3 amide bonds. The second-order valence-electron chi connectivity index (χ2n) is 33.9. The van der Waals surface area contributed by atoms with Crippen molar-refractivity contribution in [3.05, 3.63) is 260 Å². The maximum atomic E-state index is 14.3. The summed E-state index contributed by atoms with van der Waals surface area (Å²) in [6.07, 6.45) is 8.22. The summed E-state index contributed by atoms with van der Waals surface area (Å²) in [5.41, 5.74) is 7.36. The fourth-order valence-electron chi connectivity index (χ4n) is 14.6. The molecule has 3 saturated heterocycles. The number of aromatic nitrogens is 3. The number of rotatable bonds is 12. The number of alkyl carbamates (subject to hydrolysis) is 3. The number of aromatic hydroxyl groups is 4. The molecule has 15 rings (SSSR count). The predicted octanol–water partition coefficient (Wildman–Crippen LogP) is 17.8. The molecule has 0 spiro atoms. The monoisotopic (exact) mass is 2020 g/mol. The second kappa shape index (κ2) is 51.4. The van der Waals surface area contributed by atoms with Gasteiger partial charge in [-0.05, 0) is 207 Å². The van der Waals surface area contributed by atoms with E-state index in [9.17, 15) is 60.2 Å². The van der Waals surface area contributed by atoms with Crippen molar-refractivity contribution in [2.75, 3.05) is 54.0 Å². The summed E-state index contributed by atoms with van der Waals surface area (Å²) in [5.74, 6) is -3.50. The van der Waals surface area contributed by atoms with Crippen molar-refractivity contribution in [2.45, 2.75) is 136 Å². The smallest absolute Gasteiger partial charge is 0.535 e. The third-order valence-electron chi connectivity index (χ3n) is 20.5. The largest absolute Gasteiger partial charge is 1.00 e. The first-order valence-electron chi connectivity index (χ1n) is 42.4. The Kier molecular flexibility index (Phi) is 41.3. The summed E-state index contributed by atoms with van der Waals surface area (Å²) in [4.78, 5) is 63.3. The predicted molar refractivity (Wildman–Crippen MR) is 517 cm³/mol. The van der Waals surface area contributed by atoms with Crippen LogP contribution < -0.4 is 92.2 Å². The van der Waals surface area contributed by atoms with Crippen LogP contribution in [0.15, 0.2) is 187 Å². The number of phenolic OH excluding ortho intramolecular Hbond substituents is 4. The summed E-state index contributed by atoms with van der Waals surface area (Å²) >= 11 is 16.6. The van der Waals surface area contributed by atoms with Gasteiger partial charge in [0.25, 0.3) is 0 Å². The number of anilines is 3. The van der Waals surface area contributed by atoms with E-state index >= 15 is 0 Å². The van der Waals surface area contributed by atoms with E-state index in [1.807, 2.05) is 117 Å². The summed E-state index contributed by atoms with van der Waals surface area (Å²) < 4.78 is 104. The molecule has 27 nitrogen and oxygen atoms in total. The van der Waals surface area contributed by atoms with E-state index in [-0.39, 0.29) is 132 Å². The van der Waals surface area contributed by atoms with Crippen molar-refractivity contribution >= 4 is 146 Å². The number of carbonyl (C=O) groups excluding carboxylic acids is 3. The number of amides is 3. The van der Waals surface area contributed by atoms with Gasteiger partial charge in [0.2, 0.25) is 11.4 Å². The van der Waals surface area contributed by atoms with Gasteiger partial charge < -0.3 is 85.0 Å². The Balaban J connectivity index is 0.000000216. The first kappa shape index (κ1) is 111. The number of carbonyl (C=O) groups is 3. The summed E-state index contributed by atoms with van der Waals surface area (Å²) in [5, 5.41) is 94.1. The van der Waals surface area contributed by atoms with Gasteiger partial charge >= 0.3 is 92.0 Å². The van der Waals surface area contributed by atoms with Crippen LogP contribution in [0.4, 0.5) is 73.3 Å². The van der Waals surface area contributed by atoms with Crippen molar-refractivity contribution in [3.8, 4) is 74.3 Å². The molecule has 1 radical (unpaired) electrons. The number of halogens is 10. The fraction of sp³-hybridized carbons (Fsp3) is 0.278. The van der Waals surface area contributed by atoms with Crippen LogP contribution in [-0.4, -0.2) is 165 Å². The normalized spacial score (nSPS) is 13.1. The van der Waals surface area contributed by atoms with Crippen LogP contribution in [0.1, 0.15) is 112 Å². The van der Waals surface area contributed by atoms with Gasteiger partial charge in [0.15, 0.2) is 5.75 Å². The first-order chi connectivity index (χ1) is 64.9. The van der Waals surface area contributed by atoms with E-state index in [0.29, 0.717) is 96.2 Å². The summed E-state index contributed by atoms with van der Waals surface area (Å²) in [7, 11) is -5.06. The summed E-state index contributed by atoms with van der Waals surface area (Å²) in [6.45, 7) is 35.4. The molecular weight excluding hydrogens is 1930 g/mol. The van der Waals surface area contributed by atoms with E-state index in [0.717, 1.165) is 111 Å². The van der Waals surface area contributed by atoms with Gasteiger partial charge in [-0.1, -0.05) is 93.7 Å². The van der Waals surface area contributed by atoms with Gasteiger partial charge in [-0.3, -0.25) is 27.9 Å². The fourth-order valence-corrected chi connectivity index (χ4v) is 15.5. The zero-order valence-corrected chi connectivity index (χ0v) is 82.7. The number of piperidine rings is 3. The SMILES string of the molecule is CC(C)(C)OC(=O)NC1CCN(c2c(Cl)cnc3ccc(Br)cc23)CC1.FB(F)F.N#Cc1ccc[c-]c1O.N#Cc1cccc(O[B]O)c1O.OB(O)c1cc(F)cc(F)c1.[C-]#[N+]c1cccc(-c2ccc3ncc(-c4cc(F)cc(F)c4)c(N4CCC(NC(=O)OC(C)(C)C)CC4)c3c2)c1O.[C-]#[N+]c1cccc(-c2ccc3ncc(Cl)c(N4CCC(NC(=O)OC(C)(C)C)CC4)c3c2)c1O.[K+]. The molecule has 3 aliphatic heterocycles. The Hall–Kier alpha value is -12.3. The zero-order chi connectivity index (χ0) is 100. The first-order valence-corrected chi connectivity index (χ1v) is 44.0. The Morgan fingerprint density at radius 1 is 0.507 bits per heavy atom. The number of nitriles is 2. The van der Waals surface area contributed by atoms with Crippen LogP contribution >= 0.6 is 39.1 Å². The molecule has 138 heavy (non-hydrogen) atoms. The Morgan fingerprint density at radius 3 is 1.25 bits per heavy atom. The molecular formula is C97H94B3BrCl2F7KN13O14. The molecule has 6 heterocycles. The van der Waals surface area contributed by atoms with Crippen LogP contribution in [-0.2, 0) is 14.2 Å². The Bertz CT molecular complexity index is 6420. The number of benzene rings is 9. The van der Waals surface area contributed by atoms with E-state index in [1.54, 1.807) is 73.2 Å². The van der Waals surface area contributed by atoms with Gasteiger partial charge in [0.05, 0.1) is 62.4 Å². The number of phenols is 4. The number of nitrogens with one attached hydrogen (secondary N) is 3. The maximum Gasteiger partial charge on any atom is 1.00 e. The molecule has 3 fully saturated rings. The molecule has 0 bridgehead atoms. The molecule has 9 aromatic carbocycles. The van der Waals surface area contributed by atoms with Crippen LogP contribution in [0.3, 0.4) is 0 Å². The standard InChI is InChI=1S/C32H30F2N4O3.C26H27ClN4O3.C19H23BrClN3O2.C7H5BNO3.C7H4NO.C6H5BF2O2.BF3.K/c1-32(2,3)41-31(40)37-23-10-12-38(13-11-23)29-25-16-19(24-6-5-7-28(35-4)30(24)39)8-9-27(25)36-18-26(29)20-14-21(33)17-22(34)15-20;1-26(2,3)34-25(33)30-17-10-12-31(13-11-17)23-19-14-16(8-9-21(19)29-15-20(23)27)18-6-5-7-22(28-4)24(18)32;1-19(2,3)26-18(25)23-13-6-8-24(9-7-13)17-14-10-12(20)4-5-16(14)22-11-15(17)21;9-4-5-2-1-3-6(7(5)10)12-8-11;8-5-6-3-1-2-4-7(6)9;8-5-1-4(7(10)11)2-6(9)3-5;2-1(3)4;/h5-9,14-18,23,39H,10-13H2,1-3H3,(H,37,40);5-9,14-15,17,32H,10-13H2,1-3H3,(H,30,33);4-5,10-11,13H,6-9H2,1-3H3,(H,23,25);1-3,10-11H;1-3,9H;1-3,10-11H;;/q;;;;-1;;;+1.